The van der Waals surface area contributed by atoms with E-state index in [9.17, 15) is 22.0 Å². The molecule has 1 aliphatic heterocycles. The van der Waals surface area contributed by atoms with Crippen molar-refractivity contribution in [3.63, 3.8) is 0 Å². The molecule has 0 atom stereocenters. The summed E-state index contributed by atoms with van der Waals surface area (Å²) in [5.74, 6) is -1.98. The minimum absolute atomic E-state index is 0.0594. The Hall–Kier alpha value is -1.58. The molecule has 0 aliphatic carbocycles. The lowest BCUT2D eigenvalue weighted by molar-refractivity contribution is -0.129. The number of halogens is 2. The number of hydrogen-bond acceptors (Lipinski definition) is 4. The number of carbonyl (C=O) groups is 1. The van der Waals surface area contributed by atoms with Gasteiger partial charge in [-0.15, -0.1) is 0 Å². The molecule has 9 heteroatoms. The van der Waals surface area contributed by atoms with Crippen LogP contribution < -0.4 is 0 Å². The minimum Gasteiger partial charge on any atom is -0.348 e. The normalized spacial score (nSPS) is 17.5. The Kier molecular flexibility index (Phi) is 5.89. The van der Waals surface area contributed by atoms with Crippen molar-refractivity contribution >= 4 is 15.9 Å². The molecule has 24 heavy (non-hydrogen) atoms. The van der Waals surface area contributed by atoms with Crippen molar-refractivity contribution in [1.29, 1.82) is 0 Å². The van der Waals surface area contributed by atoms with Crippen molar-refractivity contribution in [3.8, 4) is 0 Å². The maximum Gasteiger partial charge on any atom is 0.246 e. The van der Waals surface area contributed by atoms with Gasteiger partial charge < -0.3 is 4.90 Å². The van der Waals surface area contributed by atoms with E-state index in [2.05, 4.69) is 0 Å². The van der Waals surface area contributed by atoms with Gasteiger partial charge in [0.2, 0.25) is 15.9 Å². The summed E-state index contributed by atoms with van der Waals surface area (Å²) in [6, 6.07) is 2.43. The minimum atomic E-state index is -4.03. The van der Waals surface area contributed by atoms with Gasteiger partial charge in [0.05, 0.1) is 6.54 Å². The van der Waals surface area contributed by atoms with Crippen LogP contribution in [-0.4, -0.2) is 75.2 Å². The number of hydrogen-bond donors (Lipinski definition) is 0. The van der Waals surface area contributed by atoms with Gasteiger partial charge in [-0.25, -0.2) is 17.2 Å². The van der Waals surface area contributed by atoms with Crippen LogP contribution >= 0.6 is 0 Å². The van der Waals surface area contributed by atoms with E-state index in [4.69, 9.17) is 0 Å². The summed E-state index contributed by atoms with van der Waals surface area (Å²) in [5.41, 5.74) is 0. The molecular weight excluding hydrogens is 340 g/mol. The first-order chi connectivity index (χ1) is 11.2. The highest BCUT2D eigenvalue weighted by atomic mass is 32.2. The number of benzene rings is 1. The highest BCUT2D eigenvalue weighted by Crippen LogP contribution is 2.21. The van der Waals surface area contributed by atoms with Gasteiger partial charge >= 0.3 is 0 Å². The third-order valence-corrected chi connectivity index (χ3v) is 5.85. The maximum atomic E-state index is 13.8. The van der Waals surface area contributed by atoms with Crippen LogP contribution in [-0.2, 0) is 14.8 Å². The summed E-state index contributed by atoms with van der Waals surface area (Å²) in [7, 11) is -0.709. The Balaban J connectivity index is 2.11. The van der Waals surface area contributed by atoms with E-state index in [1.807, 2.05) is 4.90 Å². The predicted molar refractivity (Wildman–Crippen MR) is 84.9 cm³/mol. The van der Waals surface area contributed by atoms with Gasteiger partial charge in [0.1, 0.15) is 16.5 Å². The average Bonchev–Trinajstić information content (AvgIpc) is 2.72. The Morgan fingerprint density at radius 3 is 2.50 bits per heavy atom. The summed E-state index contributed by atoms with van der Waals surface area (Å²) < 4.78 is 53.2. The van der Waals surface area contributed by atoms with E-state index in [1.165, 1.54) is 9.21 Å². The molecule has 0 radical (unpaired) electrons. The van der Waals surface area contributed by atoms with Crippen LogP contribution in [0.2, 0.25) is 0 Å². The van der Waals surface area contributed by atoms with Crippen LogP contribution in [0.5, 0.6) is 0 Å². The molecule has 1 heterocycles. The number of likely N-dealkylation sites (N-methyl/N-ethyl adjacent to an activating group) is 1. The van der Waals surface area contributed by atoms with Crippen LogP contribution in [0.1, 0.15) is 6.42 Å². The Morgan fingerprint density at radius 1 is 1.17 bits per heavy atom. The van der Waals surface area contributed by atoms with Gasteiger partial charge in [0.15, 0.2) is 0 Å². The lowest BCUT2D eigenvalue weighted by atomic mass is 10.3. The summed E-state index contributed by atoms with van der Waals surface area (Å²) in [6.45, 7) is 1.55. The van der Waals surface area contributed by atoms with Crippen molar-refractivity contribution in [1.82, 2.24) is 14.1 Å². The molecule has 1 saturated heterocycles. The van der Waals surface area contributed by atoms with E-state index in [-0.39, 0.29) is 25.5 Å². The lowest BCUT2D eigenvalue weighted by Crippen LogP contribution is -2.39. The first-order valence-corrected chi connectivity index (χ1v) is 9.03. The molecule has 6 nitrogen and oxygen atoms in total. The average molecular weight is 361 g/mol. The molecule has 1 fully saturated rings. The van der Waals surface area contributed by atoms with Gasteiger partial charge in [-0.05, 0) is 25.1 Å². The summed E-state index contributed by atoms with van der Waals surface area (Å²) in [6.07, 6.45) is 0.531. The smallest absolute Gasteiger partial charge is 0.246 e. The fourth-order valence-corrected chi connectivity index (χ4v) is 4.02. The zero-order valence-electron chi connectivity index (χ0n) is 13.7. The van der Waals surface area contributed by atoms with Gasteiger partial charge in [0.25, 0.3) is 0 Å². The first kappa shape index (κ1) is 18.8. The molecule has 0 aromatic heterocycles. The summed E-state index contributed by atoms with van der Waals surface area (Å²) in [5, 5.41) is 0. The molecule has 0 spiro atoms. The number of nitrogens with zero attached hydrogens (tertiary/aromatic N) is 3. The fourth-order valence-electron chi connectivity index (χ4n) is 2.50. The van der Waals surface area contributed by atoms with Crippen molar-refractivity contribution in [2.24, 2.45) is 0 Å². The molecule has 2 rings (SSSR count). The number of amides is 1. The first-order valence-electron chi connectivity index (χ1n) is 7.59. The van der Waals surface area contributed by atoms with E-state index in [1.54, 1.807) is 14.1 Å². The topological polar surface area (TPSA) is 60.9 Å². The van der Waals surface area contributed by atoms with E-state index >= 15 is 0 Å². The van der Waals surface area contributed by atoms with Crippen molar-refractivity contribution in [3.05, 3.63) is 29.8 Å². The predicted octanol–water partition coefficient (Wildman–Crippen LogP) is 0.749. The van der Waals surface area contributed by atoms with E-state index in [0.29, 0.717) is 25.6 Å². The number of carbonyl (C=O) groups excluding carboxylic acids is 1. The zero-order chi connectivity index (χ0) is 17.9. The van der Waals surface area contributed by atoms with Crippen molar-refractivity contribution in [2.75, 3.05) is 46.8 Å². The zero-order valence-corrected chi connectivity index (χ0v) is 14.5. The molecule has 0 N–H and O–H groups in total. The molecule has 1 aliphatic rings. The quantitative estimate of drug-likeness (QED) is 0.794. The van der Waals surface area contributed by atoms with Gasteiger partial charge in [0, 0.05) is 39.8 Å². The molecule has 1 aromatic rings. The van der Waals surface area contributed by atoms with Crippen molar-refractivity contribution < 1.29 is 22.0 Å². The second kappa shape index (κ2) is 7.54. The largest absolute Gasteiger partial charge is 0.348 e. The second-order valence-electron chi connectivity index (χ2n) is 5.90. The van der Waals surface area contributed by atoms with Gasteiger partial charge in [-0.2, -0.15) is 4.31 Å². The molecule has 1 amide bonds. The van der Waals surface area contributed by atoms with E-state index < -0.39 is 26.6 Å². The van der Waals surface area contributed by atoms with Crippen LogP contribution in [0.25, 0.3) is 0 Å². The molecule has 1 aromatic carbocycles. The highest BCUT2D eigenvalue weighted by molar-refractivity contribution is 7.89. The van der Waals surface area contributed by atoms with Crippen LogP contribution in [0.15, 0.2) is 23.1 Å². The summed E-state index contributed by atoms with van der Waals surface area (Å²) >= 11 is 0. The third kappa shape index (κ3) is 4.28. The Morgan fingerprint density at radius 2 is 1.88 bits per heavy atom. The molecule has 0 bridgehead atoms. The molecule has 0 unspecified atom stereocenters. The number of rotatable bonds is 4. The SMILES string of the molecule is CN(C)C(=O)CN1CCCN(S(=O)(=O)c2ccc(F)cc2F)CC1. The molecule has 134 valence electrons. The van der Waals surface area contributed by atoms with Crippen molar-refractivity contribution in [2.45, 2.75) is 11.3 Å². The molecule has 0 saturated carbocycles. The second-order valence-corrected chi connectivity index (χ2v) is 7.80. The summed E-state index contributed by atoms with van der Waals surface area (Å²) in [4.78, 5) is 14.6. The Labute approximate surface area is 140 Å². The molecular formula is C15H21F2N3O3S. The lowest BCUT2D eigenvalue weighted by Gasteiger charge is -2.22. The van der Waals surface area contributed by atoms with E-state index in [0.717, 1.165) is 12.1 Å². The van der Waals surface area contributed by atoms with Crippen LogP contribution in [0, 0.1) is 11.6 Å². The number of sulfonamides is 1. The Bertz CT molecular complexity index is 710. The van der Waals surface area contributed by atoms with Gasteiger partial charge in [-0.1, -0.05) is 0 Å². The monoisotopic (exact) mass is 361 g/mol. The standard InChI is InChI=1S/C15H21F2N3O3S/c1-18(2)15(21)11-19-6-3-7-20(9-8-19)24(22,23)14-5-4-12(16)10-13(14)17/h4-5,10H,3,6-9,11H2,1-2H3. The van der Waals surface area contributed by atoms with Crippen LogP contribution in [0.3, 0.4) is 0 Å². The highest BCUT2D eigenvalue weighted by Gasteiger charge is 2.29. The third-order valence-electron chi connectivity index (χ3n) is 3.92. The maximum absolute atomic E-state index is 13.8. The van der Waals surface area contributed by atoms with Gasteiger partial charge in [-0.3, -0.25) is 9.69 Å². The fraction of sp³-hybridized carbons (Fsp3) is 0.533. The van der Waals surface area contributed by atoms with Crippen LogP contribution in [0.4, 0.5) is 8.78 Å².